The molecule has 2 aliphatic carbocycles. The molecule has 2 aliphatic rings. The molecule has 0 saturated heterocycles. The first-order valence-corrected chi connectivity index (χ1v) is 12.0. The molecule has 3 rings (SSSR count). The van der Waals surface area contributed by atoms with E-state index in [2.05, 4.69) is 38.1 Å². The monoisotopic (exact) mass is 370 g/mol. The summed E-state index contributed by atoms with van der Waals surface area (Å²) in [5, 5.41) is 0. The van der Waals surface area contributed by atoms with Crippen LogP contribution >= 0.6 is 0 Å². The lowest BCUT2D eigenvalue weighted by molar-refractivity contribution is 0.0205. The molecule has 1 nitrogen and oxygen atoms in total. The first-order chi connectivity index (χ1) is 13.3. The van der Waals surface area contributed by atoms with Crippen molar-refractivity contribution in [3.63, 3.8) is 0 Å². The van der Waals surface area contributed by atoms with Crippen molar-refractivity contribution in [2.24, 2.45) is 11.8 Å². The highest BCUT2D eigenvalue weighted by Crippen LogP contribution is 2.35. The molecule has 0 amide bonds. The van der Waals surface area contributed by atoms with Crippen LogP contribution < -0.4 is 0 Å². The molecule has 0 atom stereocenters. The maximum absolute atomic E-state index is 6.25. The summed E-state index contributed by atoms with van der Waals surface area (Å²) >= 11 is 0. The number of ether oxygens (including phenoxy) is 1. The second kappa shape index (κ2) is 11.2. The van der Waals surface area contributed by atoms with E-state index in [-0.39, 0.29) is 0 Å². The third kappa shape index (κ3) is 6.63. The van der Waals surface area contributed by atoms with Crippen LogP contribution in [0.2, 0.25) is 0 Å². The molecule has 1 heteroatoms. The number of benzene rings is 1. The Morgan fingerprint density at radius 2 is 1.48 bits per heavy atom. The zero-order chi connectivity index (χ0) is 18.9. The molecule has 0 spiro atoms. The lowest BCUT2D eigenvalue weighted by Crippen LogP contribution is -2.21. The summed E-state index contributed by atoms with van der Waals surface area (Å²) < 4.78 is 6.25. The summed E-state index contributed by atoms with van der Waals surface area (Å²) in [5.41, 5.74) is 3.04. The standard InChI is InChI=1S/C26H42O/c1-3-6-22-12-14-24(15-13-22)25-16-18-26(19-17-25)27-20-5-7-23-10-8-21(4-2)9-11-23/h12-15,21,23,25-26H,3-11,16-20H2,1-2H3/t21-,23-,25-,26-. The van der Waals surface area contributed by atoms with Crippen LogP contribution in [0, 0.1) is 11.8 Å². The van der Waals surface area contributed by atoms with Crippen molar-refractivity contribution in [1.82, 2.24) is 0 Å². The molecular formula is C26H42O. The van der Waals surface area contributed by atoms with Crippen LogP contribution in [0.4, 0.5) is 0 Å². The Morgan fingerprint density at radius 3 is 2.11 bits per heavy atom. The Morgan fingerprint density at radius 1 is 0.815 bits per heavy atom. The second-order valence-corrected chi connectivity index (χ2v) is 9.27. The van der Waals surface area contributed by atoms with E-state index in [0.29, 0.717) is 6.10 Å². The van der Waals surface area contributed by atoms with Crippen LogP contribution in [-0.2, 0) is 11.2 Å². The van der Waals surface area contributed by atoms with Gasteiger partial charge in [0.25, 0.3) is 0 Å². The summed E-state index contributed by atoms with van der Waals surface area (Å²) in [4.78, 5) is 0. The van der Waals surface area contributed by atoms with Crippen molar-refractivity contribution in [2.45, 2.75) is 109 Å². The van der Waals surface area contributed by atoms with Gasteiger partial charge in [-0.3, -0.25) is 0 Å². The van der Waals surface area contributed by atoms with Gasteiger partial charge in [-0.15, -0.1) is 0 Å². The van der Waals surface area contributed by atoms with Crippen molar-refractivity contribution in [3.8, 4) is 0 Å². The van der Waals surface area contributed by atoms with E-state index in [1.165, 1.54) is 89.0 Å². The first kappa shape index (κ1) is 20.9. The van der Waals surface area contributed by atoms with E-state index in [1.54, 1.807) is 5.56 Å². The average Bonchev–Trinajstić information content (AvgIpc) is 2.73. The molecule has 152 valence electrons. The number of rotatable bonds is 9. The summed E-state index contributed by atoms with van der Waals surface area (Å²) in [6, 6.07) is 9.44. The Balaban J connectivity index is 1.28. The highest BCUT2D eigenvalue weighted by molar-refractivity contribution is 5.25. The molecule has 2 saturated carbocycles. The lowest BCUT2D eigenvalue weighted by atomic mass is 9.79. The van der Waals surface area contributed by atoms with Crippen LogP contribution in [0.15, 0.2) is 24.3 Å². The van der Waals surface area contributed by atoms with Crippen molar-refractivity contribution in [3.05, 3.63) is 35.4 Å². The van der Waals surface area contributed by atoms with Gasteiger partial charge in [0.15, 0.2) is 0 Å². The summed E-state index contributed by atoms with van der Waals surface area (Å²) in [6.45, 7) is 5.61. The number of hydrogen-bond donors (Lipinski definition) is 0. The quantitative estimate of drug-likeness (QED) is 0.405. The predicted octanol–water partition coefficient (Wildman–Crippen LogP) is 7.68. The van der Waals surface area contributed by atoms with Gasteiger partial charge >= 0.3 is 0 Å². The zero-order valence-electron chi connectivity index (χ0n) is 17.9. The van der Waals surface area contributed by atoms with E-state index in [9.17, 15) is 0 Å². The van der Waals surface area contributed by atoms with E-state index < -0.39 is 0 Å². The van der Waals surface area contributed by atoms with Gasteiger partial charge in [0.1, 0.15) is 0 Å². The molecular weight excluding hydrogens is 328 g/mol. The molecule has 0 bridgehead atoms. The highest BCUT2D eigenvalue weighted by atomic mass is 16.5. The Bertz CT molecular complexity index is 504. The van der Waals surface area contributed by atoms with Crippen LogP contribution in [0.5, 0.6) is 0 Å². The van der Waals surface area contributed by atoms with Gasteiger partial charge in [0.2, 0.25) is 0 Å². The molecule has 1 aromatic rings. The minimum Gasteiger partial charge on any atom is -0.378 e. The fraction of sp³-hybridized carbons (Fsp3) is 0.769. The predicted molar refractivity (Wildman–Crippen MR) is 116 cm³/mol. The first-order valence-electron chi connectivity index (χ1n) is 12.0. The van der Waals surface area contributed by atoms with Gasteiger partial charge < -0.3 is 4.74 Å². The topological polar surface area (TPSA) is 9.23 Å². The minimum atomic E-state index is 0.524. The van der Waals surface area contributed by atoms with Gasteiger partial charge in [0.05, 0.1) is 6.10 Å². The van der Waals surface area contributed by atoms with Crippen LogP contribution in [0.25, 0.3) is 0 Å². The summed E-state index contributed by atoms with van der Waals surface area (Å²) in [5.74, 6) is 2.77. The zero-order valence-corrected chi connectivity index (χ0v) is 17.9. The van der Waals surface area contributed by atoms with Crippen molar-refractivity contribution in [1.29, 1.82) is 0 Å². The Labute approximate surface area is 168 Å². The summed E-state index contributed by atoms with van der Waals surface area (Å²) in [7, 11) is 0. The van der Waals surface area contributed by atoms with Crippen LogP contribution in [0.1, 0.15) is 108 Å². The molecule has 0 unspecified atom stereocenters. The van der Waals surface area contributed by atoms with Gasteiger partial charge in [-0.05, 0) is 73.8 Å². The van der Waals surface area contributed by atoms with E-state index in [0.717, 1.165) is 24.4 Å². The molecule has 0 radical (unpaired) electrons. The van der Waals surface area contributed by atoms with E-state index in [4.69, 9.17) is 4.74 Å². The largest absolute Gasteiger partial charge is 0.378 e. The molecule has 2 fully saturated rings. The fourth-order valence-electron chi connectivity index (χ4n) is 5.36. The lowest BCUT2D eigenvalue weighted by Gasteiger charge is -2.30. The molecule has 0 aromatic heterocycles. The molecule has 0 heterocycles. The fourth-order valence-corrected chi connectivity index (χ4v) is 5.36. The van der Waals surface area contributed by atoms with Crippen molar-refractivity contribution < 1.29 is 4.74 Å². The molecule has 27 heavy (non-hydrogen) atoms. The SMILES string of the molecule is CCCc1ccc([C@H]2CC[C@H](OCCC[C@H]3CC[C@H](CC)CC3)CC2)cc1. The van der Waals surface area contributed by atoms with Crippen LogP contribution in [-0.4, -0.2) is 12.7 Å². The third-order valence-electron chi connectivity index (χ3n) is 7.32. The normalized spacial score (nSPS) is 29.0. The maximum Gasteiger partial charge on any atom is 0.0575 e. The average molecular weight is 371 g/mol. The Hall–Kier alpha value is -0.820. The molecule has 1 aromatic carbocycles. The minimum absolute atomic E-state index is 0.524. The van der Waals surface area contributed by atoms with E-state index >= 15 is 0 Å². The van der Waals surface area contributed by atoms with Crippen molar-refractivity contribution >= 4 is 0 Å². The van der Waals surface area contributed by atoms with Gasteiger partial charge in [0, 0.05) is 6.61 Å². The van der Waals surface area contributed by atoms with Gasteiger partial charge in [-0.25, -0.2) is 0 Å². The van der Waals surface area contributed by atoms with Gasteiger partial charge in [-0.2, -0.15) is 0 Å². The van der Waals surface area contributed by atoms with Crippen LogP contribution in [0.3, 0.4) is 0 Å². The molecule has 0 aliphatic heterocycles. The third-order valence-corrected chi connectivity index (χ3v) is 7.32. The van der Waals surface area contributed by atoms with Crippen molar-refractivity contribution in [2.75, 3.05) is 6.61 Å². The second-order valence-electron chi connectivity index (χ2n) is 9.27. The highest BCUT2D eigenvalue weighted by Gasteiger charge is 2.23. The number of aryl methyl sites for hydroxylation is 1. The smallest absolute Gasteiger partial charge is 0.0575 e. The Kier molecular flexibility index (Phi) is 8.71. The van der Waals surface area contributed by atoms with E-state index in [1.807, 2.05) is 0 Å². The maximum atomic E-state index is 6.25. The summed E-state index contributed by atoms with van der Waals surface area (Å²) in [6.07, 6.45) is 18.1. The van der Waals surface area contributed by atoms with Gasteiger partial charge in [-0.1, -0.05) is 76.6 Å². The molecule has 0 N–H and O–H groups in total. The number of hydrogen-bond acceptors (Lipinski definition) is 1.